The number of hydrogen-bond donors (Lipinski definition) is 5. The lowest BCUT2D eigenvalue weighted by Crippen LogP contribution is -2.30. The zero-order valence-corrected chi connectivity index (χ0v) is 24.7. The van der Waals surface area contributed by atoms with Gasteiger partial charge in [-0.05, 0) is 78.4 Å². The van der Waals surface area contributed by atoms with Crippen molar-refractivity contribution in [2.75, 3.05) is 35.4 Å². The topological polar surface area (TPSA) is 148 Å². The van der Waals surface area contributed by atoms with Crippen LogP contribution in [0.2, 0.25) is 0 Å². The second-order valence-electron chi connectivity index (χ2n) is 9.72. The number of nitrogens with zero attached hydrogens (tertiary/aromatic N) is 1. The molecule has 0 saturated carbocycles. The number of hydrogen-bond acceptors (Lipinski definition) is 7. The van der Waals surface area contributed by atoms with Crippen molar-refractivity contribution in [2.45, 2.75) is 4.90 Å². The number of amides is 3. The van der Waals surface area contributed by atoms with Crippen LogP contribution >= 0.6 is 11.8 Å². The smallest absolute Gasteiger partial charge is 0.339 e. The Bertz CT molecular complexity index is 1690. The van der Waals surface area contributed by atoms with Crippen LogP contribution in [0.1, 0.15) is 26.3 Å². The average Bonchev–Trinajstić information content (AvgIpc) is 3.01. The van der Waals surface area contributed by atoms with Gasteiger partial charge in [0.1, 0.15) is 17.0 Å². The predicted octanol–water partition coefficient (Wildman–Crippen LogP) is 5.30. The highest BCUT2D eigenvalue weighted by Gasteiger charge is 2.16. The molecule has 0 spiro atoms. The number of carbonyl (C=O) groups excluding carboxylic acids is 3. The van der Waals surface area contributed by atoms with Gasteiger partial charge in [-0.15, -0.1) is 11.8 Å². The average molecular weight is 611 g/mol. The molecule has 0 saturated heterocycles. The quantitative estimate of drug-likeness (QED) is 0.0874. The maximum atomic E-state index is 13.3. The number of thioether (sulfide) groups is 1. The Morgan fingerprint density at radius 1 is 0.818 bits per heavy atom. The Balaban J connectivity index is 1.41. The lowest BCUT2D eigenvalue weighted by molar-refractivity contribution is -0.114. The molecular formula is C33H30N4O6S. The molecule has 10 nitrogen and oxygen atoms in total. The fourth-order valence-corrected chi connectivity index (χ4v) is 4.64. The molecule has 0 atom stereocenters. The van der Waals surface area contributed by atoms with E-state index in [-0.39, 0.29) is 28.6 Å². The van der Waals surface area contributed by atoms with Crippen molar-refractivity contribution in [1.29, 1.82) is 0 Å². The summed E-state index contributed by atoms with van der Waals surface area (Å²) in [6, 6.07) is 26.8. The largest absolute Gasteiger partial charge is 0.507 e. The van der Waals surface area contributed by atoms with E-state index in [1.165, 1.54) is 30.0 Å². The Morgan fingerprint density at radius 2 is 1.48 bits per heavy atom. The summed E-state index contributed by atoms with van der Waals surface area (Å²) in [6.07, 6.45) is 1.60. The summed E-state index contributed by atoms with van der Waals surface area (Å²) < 4.78 is 0. The molecule has 4 aromatic carbocycles. The fraction of sp³-hybridized carbons (Fsp3) is 0.0909. The molecule has 5 N–H and O–H groups in total. The van der Waals surface area contributed by atoms with Gasteiger partial charge in [-0.3, -0.25) is 14.4 Å². The molecule has 11 heteroatoms. The zero-order valence-electron chi connectivity index (χ0n) is 23.9. The van der Waals surface area contributed by atoms with E-state index < -0.39 is 23.5 Å². The van der Waals surface area contributed by atoms with Crippen LogP contribution in [0.25, 0.3) is 6.08 Å². The maximum absolute atomic E-state index is 13.3. The summed E-state index contributed by atoms with van der Waals surface area (Å²) in [5.41, 5.74) is 2.61. The van der Waals surface area contributed by atoms with Crippen LogP contribution in [-0.2, 0) is 9.59 Å². The molecule has 0 aliphatic heterocycles. The minimum absolute atomic E-state index is 0.0417. The first-order chi connectivity index (χ1) is 21.1. The van der Waals surface area contributed by atoms with Crippen molar-refractivity contribution in [3.05, 3.63) is 119 Å². The van der Waals surface area contributed by atoms with Gasteiger partial charge in [0.25, 0.3) is 11.8 Å². The maximum Gasteiger partial charge on any atom is 0.339 e. The molecule has 224 valence electrons. The molecule has 0 bridgehead atoms. The number of anilines is 3. The Kier molecular flexibility index (Phi) is 10.4. The Morgan fingerprint density at radius 3 is 2.11 bits per heavy atom. The van der Waals surface area contributed by atoms with E-state index in [1.807, 2.05) is 43.3 Å². The second-order valence-corrected chi connectivity index (χ2v) is 10.8. The van der Waals surface area contributed by atoms with Crippen LogP contribution < -0.4 is 20.9 Å². The third-order valence-electron chi connectivity index (χ3n) is 6.24. The van der Waals surface area contributed by atoms with E-state index >= 15 is 0 Å². The van der Waals surface area contributed by atoms with Gasteiger partial charge < -0.3 is 31.1 Å². The number of carboxylic acids is 1. The summed E-state index contributed by atoms with van der Waals surface area (Å²) in [7, 11) is 3.86. The molecule has 0 heterocycles. The van der Waals surface area contributed by atoms with Crippen molar-refractivity contribution in [2.24, 2.45) is 0 Å². The van der Waals surface area contributed by atoms with Crippen LogP contribution in [0.4, 0.5) is 17.1 Å². The monoisotopic (exact) mass is 610 g/mol. The molecule has 0 radical (unpaired) electrons. The summed E-state index contributed by atoms with van der Waals surface area (Å²) >= 11 is 1.24. The number of carbonyl (C=O) groups is 4. The molecule has 0 aliphatic carbocycles. The summed E-state index contributed by atoms with van der Waals surface area (Å²) in [4.78, 5) is 52.5. The van der Waals surface area contributed by atoms with Gasteiger partial charge in [0, 0.05) is 41.6 Å². The lowest BCUT2D eigenvalue weighted by atomic mass is 10.1. The number of rotatable bonds is 11. The SMILES string of the molecule is CN(C)c1ccc(/C=C(\NC(=O)c2ccccc2)C(=O)Nc2ccc(SCC(=O)Nc3ccc(O)c(C(=O)O)c3)cc2)cc1. The second kappa shape index (κ2) is 14.6. The van der Waals surface area contributed by atoms with Gasteiger partial charge >= 0.3 is 5.97 Å². The first-order valence-corrected chi connectivity index (χ1v) is 14.3. The first-order valence-electron chi connectivity index (χ1n) is 13.3. The molecule has 0 unspecified atom stereocenters. The standard InChI is InChI=1S/C33H30N4O6S/c1-37(2)25-13-8-21(9-14-25)18-28(36-31(40)22-6-4-3-5-7-22)32(41)35-23-10-15-26(16-11-23)44-20-30(39)34-24-12-17-29(38)27(19-24)33(42)43/h3-19,38H,20H2,1-2H3,(H,34,39)(H,35,41)(H,36,40)(H,42,43)/b28-18-. The van der Waals surface area contributed by atoms with Crippen LogP contribution in [0.3, 0.4) is 0 Å². The van der Waals surface area contributed by atoms with Crippen LogP contribution in [-0.4, -0.2) is 53.8 Å². The molecule has 0 fully saturated rings. The Hall–Kier alpha value is -5.55. The highest BCUT2D eigenvalue weighted by atomic mass is 32.2. The van der Waals surface area contributed by atoms with Crippen LogP contribution in [0, 0.1) is 0 Å². The van der Waals surface area contributed by atoms with Gasteiger partial charge in [0.2, 0.25) is 5.91 Å². The normalized spacial score (nSPS) is 10.9. The first kappa shape index (κ1) is 31.4. The molecule has 0 aliphatic rings. The number of aromatic hydroxyl groups is 1. The summed E-state index contributed by atoms with van der Waals surface area (Å²) in [6.45, 7) is 0. The van der Waals surface area contributed by atoms with Crippen molar-refractivity contribution in [1.82, 2.24) is 5.32 Å². The number of aromatic carboxylic acids is 1. The third-order valence-corrected chi connectivity index (χ3v) is 7.25. The van der Waals surface area contributed by atoms with Crippen molar-refractivity contribution in [3.8, 4) is 5.75 Å². The van der Waals surface area contributed by atoms with E-state index in [0.717, 1.165) is 16.1 Å². The fourth-order valence-electron chi connectivity index (χ4n) is 3.94. The molecule has 4 rings (SSSR count). The van der Waals surface area contributed by atoms with E-state index in [4.69, 9.17) is 5.11 Å². The van der Waals surface area contributed by atoms with Crippen LogP contribution in [0.15, 0.2) is 108 Å². The van der Waals surface area contributed by atoms with E-state index in [0.29, 0.717) is 11.3 Å². The lowest BCUT2D eigenvalue weighted by Gasteiger charge is -2.13. The number of benzene rings is 4. The van der Waals surface area contributed by atoms with Gasteiger partial charge in [-0.25, -0.2) is 4.79 Å². The van der Waals surface area contributed by atoms with Gasteiger partial charge in [0.15, 0.2) is 0 Å². The van der Waals surface area contributed by atoms with Gasteiger partial charge in [-0.2, -0.15) is 0 Å². The molecule has 4 aromatic rings. The predicted molar refractivity (Wildman–Crippen MR) is 172 cm³/mol. The summed E-state index contributed by atoms with van der Waals surface area (Å²) in [5.74, 6) is -2.96. The third kappa shape index (κ3) is 8.73. The highest BCUT2D eigenvalue weighted by molar-refractivity contribution is 8.00. The molecule has 44 heavy (non-hydrogen) atoms. The van der Waals surface area contributed by atoms with E-state index in [1.54, 1.807) is 60.7 Å². The Labute approximate surface area is 258 Å². The zero-order chi connectivity index (χ0) is 31.6. The minimum Gasteiger partial charge on any atom is -0.507 e. The van der Waals surface area contributed by atoms with Crippen molar-refractivity contribution in [3.63, 3.8) is 0 Å². The minimum atomic E-state index is -1.31. The summed E-state index contributed by atoms with van der Waals surface area (Å²) in [5, 5.41) is 26.9. The number of nitrogens with one attached hydrogen (secondary N) is 3. The van der Waals surface area contributed by atoms with E-state index in [9.17, 15) is 24.3 Å². The van der Waals surface area contributed by atoms with Gasteiger partial charge in [0.05, 0.1) is 5.75 Å². The number of phenols is 1. The highest BCUT2D eigenvalue weighted by Crippen LogP contribution is 2.24. The molecular weight excluding hydrogens is 580 g/mol. The van der Waals surface area contributed by atoms with Crippen molar-refractivity contribution < 1.29 is 29.4 Å². The molecule has 3 amide bonds. The van der Waals surface area contributed by atoms with Gasteiger partial charge in [-0.1, -0.05) is 30.3 Å². The van der Waals surface area contributed by atoms with Crippen molar-refractivity contribution >= 4 is 58.6 Å². The molecule has 0 aromatic heterocycles. The number of carboxylic acid groups (broad SMARTS) is 1. The van der Waals surface area contributed by atoms with E-state index in [2.05, 4.69) is 16.0 Å². The van der Waals surface area contributed by atoms with Crippen LogP contribution in [0.5, 0.6) is 5.75 Å².